The van der Waals surface area contributed by atoms with Crippen LogP contribution >= 0.6 is 0 Å². The van der Waals surface area contributed by atoms with Crippen molar-refractivity contribution in [2.24, 2.45) is 0 Å². The fourth-order valence-electron chi connectivity index (χ4n) is 10.7. The van der Waals surface area contributed by atoms with E-state index in [1.807, 2.05) is 0 Å². The summed E-state index contributed by atoms with van der Waals surface area (Å²) in [4.78, 5) is 2.46. The topological polar surface area (TPSA) is 18.0 Å². The Morgan fingerprint density at radius 1 is 0.544 bits per heavy atom. The molecule has 2 unspecified atom stereocenters. The van der Waals surface area contributed by atoms with E-state index in [0.29, 0.717) is 5.92 Å². The van der Waals surface area contributed by atoms with Crippen molar-refractivity contribution in [1.29, 1.82) is 0 Å². The van der Waals surface area contributed by atoms with Crippen molar-refractivity contribution < 1.29 is 0 Å². The number of benzene rings is 7. The van der Waals surface area contributed by atoms with Crippen molar-refractivity contribution >= 4 is 77.9 Å². The third-order valence-corrected chi connectivity index (χ3v) is 13.2. The maximum absolute atomic E-state index is 2.57. The first-order valence-electron chi connectivity index (χ1n) is 20.2. The maximum Gasteiger partial charge on any atom is 0.133 e. The SMILES string of the molecule is CC1CC=Cc2c1n(-c1ccccc1)c1ccc(-c3ccc4c(c3)c3ccccc3n4-c3cc4c5c(c3)c3ccccc3n5C3C4=Cc4ccccc4N3C)cc21. The van der Waals surface area contributed by atoms with Crippen LogP contribution in [-0.2, 0) is 0 Å². The van der Waals surface area contributed by atoms with E-state index in [4.69, 9.17) is 0 Å². The number of hydrogen-bond acceptors (Lipinski definition) is 1. The lowest BCUT2D eigenvalue weighted by Crippen LogP contribution is -2.29. The number of likely N-dealkylation sites (N-methyl/N-ethyl adjacent to an activating group) is 1. The Hall–Kier alpha value is -7.04. The molecule has 2 atom stereocenters. The number of aromatic nitrogens is 3. The molecule has 0 N–H and O–H groups in total. The molecule has 1 aliphatic carbocycles. The van der Waals surface area contributed by atoms with Crippen LogP contribution in [0.5, 0.6) is 0 Å². The highest BCUT2D eigenvalue weighted by Crippen LogP contribution is 2.53. The largest absolute Gasteiger partial charge is 0.350 e. The first-order chi connectivity index (χ1) is 28.1. The van der Waals surface area contributed by atoms with E-state index in [1.54, 1.807) is 0 Å². The van der Waals surface area contributed by atoms with Crippen LogP contribution < -0.4 is 4.90 Å². The molecule has 0 spiro atoms. The number of fused-ring (bicyclic) bond motifs is 13. The zero-order valence-corrected chi connectivity index (χ0v) is 31.8. The summed E-state index contributed by atoms with van der Waals surface area (Å²) in [6.07, 6.45) is 8.28. The van der Waals surface area contributed by atoms with E-state index in [9.17, 15) is 0 Å². The Morgan fingerprint density at radius 3 is 2.04 bits per heavy atom. The van der Waals surface area contributed by atoms with Crippen LogP contribution in [0.4, 0.5) is 5.69 Å². The molecule has 0 saturated heterocycles. The predicted molar refractivity (Wildman–Crippen MR) is 240 cm³/mol. The second-order valence-corrected chi connectivity index (χ2v) is 16.2. The van der Waals surface area contributed by atoms with Gasteiger partial charge in [0.25, 0.3) is 0 Å². The highest BCUT2D eigenvalue weighted by molar-refractivity contribution is 6.18. The highest BCUT2D eigenvalue weighted by atomic mass is 15.3. The molecule has 0 fully saturated rings. The summed E-state index contributed by atoms with van der Waals surface area (Å²) in [5, 5.41) is 6.44. The standard InChI is InChI=1S/C53H38N4/c1-32-13-12-19-40-42-28-34(24-26-50(42)56(51(32)40)36-15-4-3-5-16-36)33-23-25-49-41(27-33)38-17-7-10-21-47(38)55(49)37-30-43-39-18-8-11-22-48(39)57-52(43)44(31-37)45-29-35-14-6-9-20-46(35)54(2)53(45)57/h3-12,14-32,53H,13H2,1-2H3. The van der Waals surface area contributed by atoms with Crippen molar-refractivity contribution in [3.63, 3.8) is 0 Å². The minimum Gasteiger partial charge on any atom is -0.350 e. The number of allylic oxidation sites excluding steroid dienone is 1. The average molecular weight is 731 g/mol. The highest BCUT2D eigenvalue weighted by Gasteiger charge is 2.38. The van der Waals surface area contributed by atoms with Gasteiger partial charge >= 0.3 is 0 Å². The Bertz CT molecular complexity index is 3420. The molecule has 4 nitrogen and oxygen atoms in total. The molecule has 0 radical (unpaired) electrons. The van der Waals surface area contributed by atoms with E-state index in [1.165, 1.54) is 111 Å². The van der Waals surface area contributed by atoms with Gasteiger partial charge in [0.1, 0.15) is 6.17 Å². The molecule has 7 aromatic carbocycles. The monoisotopic (exact) mass is 730 g/mol. The first-order valence-corrected chi connectivity index (χ1v) is 20.2. The van der Waals surface area contributed by atoms with Gasteiger partial charge in [0.15, 0.2) is 0 Å². The fourth-order valence-corrected chi connectivity index (χ4v) is 10.7. The zero-order valence-electron chi connectivity index (χ0n) is 31.8. The molecule has 270 valence electrons. The fraction of sp³-hybridized carbons (Fsp3) is 0.0943. The zero-order chi connectivity index (χ0) is 37.5. The molecule has 5 heterocycles. The van der Waals surface area contributed by atoms with Crippen molar-refractivity contribution in [3.8, 4) is 22.5 Å². The predicted octanol–water partition coefficient (Wildman–Crippen LogP) is 13.5. The molecule has 57 heavy (non-hydrogen) atoms. The molecule has 3 aliphatic rings. The molecular formula is C53H38N4. The lowest BCUT2D eigenvalue weighted by molar-refractivity contribution is 0.659. The molecule has 0 amide bonds. The molecule has 0 saturated carbocycles. The Kier molecular flexibility index (Phi) is 6.17. The summed E-state index contributed by atoms with van der Waals surface area (Å²) < 4.78 is 7.56. The van der Waals surface area contributed by atoms with Gasteiger partial charge in [-0.15, -0.1) is 0 Å². The third kappa shape index (κ3) is 4.12. The second-order valence-electron chi connectivity index (χ2n) is 16.2. The minimum absolute atomic E-state index is 0.0968. The molecule has 13 rings (SSSR count). The number of nitrogens with zero attached hydrogens (tertiary/aromatic N) is 4. The first kappa shape index (κ1) is 31.2. The van der Waals surface area contributed by atoms with Gasteiger partial charge in [-0.1, -0.05) is 104 Å². The third-order valence-electron chi connectivity index (χ3n) is 13.2. The van der Waals surface area contributed by atoms with Gasteiger partial charge in [0, 0.05) is 79.4 Å². The van der Waals surface area contributed by atoms with Crippen LogP contribution in [-0.4, -0.2) is 20.7 Å². The van der Waals surface area contributed by atoms with Crippen LogP contribution in [0.3, 0.4) is 0 Å². The summed E-state index contributed by atoms with van der Waals surface area (Å²) in [6.45, 7) is 2.36. The van der Waals surface area contributed by atoms with E-state index in [-0.39, 0.29) is 6.17 Å². The van der Waals surface area contributed by atoms with Gasteiger partial charge in [-0.2, -0.15) is 0 Å². The summed E-state index contributed by atoms with van der Waals surface area (Å²) in [6, 6.07) is 56.6. The quantitative estimate of drug-likeness (QED) is 0.177. The molecular weight excluding hydrogens is 693 g/mol. The van der Waals surface area contributed by atoms with Crippen molar-refractivity contribution in [3.05, 3.63) is 180 Å². The molecule has 2 aliphatic heterocycles. The molecule has 3 aromatic heterocycles. The summed E-state index contributed by atoms with van der Waals surface area (Å²) in [7, 11) is 2.25. The second kappa shape index (κ2) is 11.3. The van der Waals surface area contributed by atoms with Gasteiger partial charge in [0.2, 0.25) is 0 Å². The minimum atomic E-state index is 0.0968. The van der Waals surface area contributed by atoms with Crippen LogP contribution in [0, 0.1) is 0 Å². The van der Waals surface area contributed by atoms with Gasteiger partial charge < -0.3 is 18.6 Å². The summed E-state index contributed by atoms with van der Waals surface area (Å²) >= 11 is 0. The molecule has 0 bridgehead atoms. The number of para-hydroxylation sites is 4. The van der Waals surface area contributed by atoms with E-state index < -0.39 is 0 Å². The van der Waals surface area contributed by atoms with Crippen molar-refractivity contribution in [2.45, 2.75) is 25.4 Å². The molecule has 4 heteroatoms. The van der Waals surface area contributed by atoms with Gasteiger partial charge in [-0.3, -0.25) is 0 Å². The Balaban J connectivity index is 1.02. The van der Waals surface area contributed by atoms with E-state index >= 15 is 0 Å². The van der Waals surface area contributed by atoms with Crippen molar-refractivity contribution in [1.82, 2.24) is 13.7 Å². The summed E-state index contributed by atoms with van der Waals surface area (Å²) in [5.74, 6) is 0.446. The van der Waals surface area contributed by atoms with E-state index in [0.717, 1.165) is 6.42 Å². The average Bonchev–Trinajstić information content (AvgIpc) is 3.98. The Morgan fingerprint density at radius 2 is 1.21 bits per heavy atom. The van der Waals surface area contributed by atoms with Crippen LogP contribution in [0.15, 0.2) is 158 Å². The normalized spacial score (nSPS) is 16.9. The maximum atomic E-state index is 2.57. The summed E-state index contributed by atoms with van der Waals surface area (Å²) in [5.41, 5.74) is 19.2. The van der Waals surface area contributed by atoms with Crippen LogP contribution in [0.2, 0.25) is 0 Å². The van der Waals surface area contributed by atoms with Gasteiger partial charge in [-0.25, -0.2) is 0 Å². The Labute approximate surface area is 330 Å². The number of anilines is 1. The van der Waals surface area contributed by atoms with Crippen LogP contribution in [0.25, 0.3) is 94.7 Å². The van der Waals surface area contributed by atoms with Crippen molar-refractivity contribution in [2.75, 3.05) is 11.9 Å². The van der Waals surface area contributed by atoms with Gasteiger partial charge in [0.05, 0.1) is 27.6 Å². The number of hydrogen-bond donors (Lipinski definition) is 0. The number of rotatable bonds is 3. The molecule has 10 aromatic rings. The lowest BCUT2D eigenvalue weighted by Gasteiger charge is -2.35. The van der Waals surface area contributed by atoms with Gasteiger partial charge in [-0.05, 0) is 95.9 Å². The smallest absolute Gasteiger partial charge is 0.133 e. The lowest BCUT2D eigenvalue weighted by atomic mass is 9.92. The van der Waals surface area contributed by atoms with Crippen LogP contribution in [0.1, 0.15) is 47.8 Å². The van der Waals surface area contributed by atoms with E-state index in [2.05, 4.69) is 202 Å².